The third kappa shape index (κ3) is 3.63. The molecule has 0 spiro atoms. The Kier molecular flexibility index (Phi) is 5.44. The summed E-state index contributed by atoms with van der Waals surface area (Å²) in [5.41, 5.74) is 4.97. The maximum atomic E-state index is 12.8. The Balaban J connectivity index is 1.52. The second kappa shape index (κ2) is 8.18. The van der Waals surface area contributed by atoms with Crippen molar-refractivity contribution < 1.29 is 14.3 Å². The number of H-pyrrole nitrogens is 1. The maximum Gasteiger partial charge on any atom is 0.340 e. The van der Waals surface area contributed by atoms with E-state index in [0.717, 1.165) is 24.4 Å². The number of anilines is 1. The Hall–Kier alpha value is -3.35. The molecule has 0 saturated heterocycles. The van der Waals surface area contributed by atoms with Gasteiger partial charge in [0, 0.05) is 35.4 Å². The van der Waals surface area contributed by atoms with Crippen LogP contribution in [-0.4, -0.2) is 33.0 Å². The van der Waals surface area contributed by atoms with E-state index in [1.807, 2.05) is 30.5 Å². The minimum absolute atomic E-state index is 0.288. The number of carbonyl (C=O) groups excluding carboxylic acids is 2. The first kappa shape index (κ1) is 19.9. The lowest BCUT2D eigenvalue weighted by Gasteiger charge is -2.16. The van der Waals surface area contributed by atoms with E-state index in [1.54, 1.807) is 20.8 Å². The number of aryl methyl sites for hydroxylation is 2. The molecule has 1 aromatic carbocycles. The Bertz CT molecular complexity index is 1090. The highest BCUT2D eigenvalue weighted by molar-refractivity contribution is 6.06. The molecule has 0 radical (unpaired) electrons. The molecule has 0 unspecified atom stereocenters. The Morgan fingerprint density at radius 2 is 1.97 bits per heavy atom. The fourth-order valence-corrected chi connectivity index (χ4v) is 4.05. The van der Waals surface area contributed by atoms with E-state index in [0.29, 0.717) is 28.2 Å². The number of esters is 1. The molecule has 2 aromatic heterocycles. The summed E-state index contributed by atoms with van der Waals surface area (Å²) in [7, 11) is 0. The highest BCUT2D eigenvalue weighted by atomic mass is 16.5. The van der Waals surface area contributed by atoms with Crippen molar-refractivity contribution >= 4 is 17.6 Å². The summed E-state index contributed by atoms with van der Waals surface area (Å²) < 4.78 is 7.37. The van der Waals surface area contributed by atoms with Crippen LogP contribution < -0.4 is 5.32 Å². The van der Waals surface area contributed by atoms with Crippen molar-refractivity contribution in [3.63, 3.8) is 0 Å². The average molecular weight is 406 g/mol. The van der Waals surface area contributed by atoms with Crippen LogP contribution in [0.1, 0.15) is 57.6 Å². The molecule has 7 nitrogen and oxygen atoms in total. The van der Waals surface area contributed by atoms with Gasteiger partial charge in [0.2, 0.25) is 0 Å². The molecule has 3 heterocycles. The summed E-state index contributed by atoms with van der Waals surface area (Å²) in [6.45, 7) is 6.55. The number of nitrogens with one attached hydrogen (secondary N) is 2. The minimum atomic E-state index is -0.421. The van der Waals surface area contributed by atoms with Gasteiger partial charge in [0.15, 0.2) is 0 Å². The van der Waals surface area contributed by atoms with Gasteiger partial charge >= 0.3 is 5.97 Å². The smallest absolute Gasteiger partial charge is 0.340 e. The number of carbonyl (C=O) groups is 2. The molecular weight excluding hydrogens is 380 g/mol. The zero-order valence-electron chi connectivity index (χ0n) is 17.5. The number of aromatic nitrogens is 3. The summed E-state index contributed by atoms with van der Waals surface area (Å²) >= 11 is 0. The number of nitrogens with zero attached hydrogens (tertiary/aromatic N) is 2. The number of rotatable bonds is 5. The van der Waals surface area contributed by atoms with Crippen molar-refractivity contribution in [2.75, 3.05) is 11.9 Å². The van der Waals surface area contributed by atoms with Crippen LogP contribution in [0.3, 0.4) is 0 Å². The molecule has 1 amide bonds. The van der Waals surface area contributed by atoms with Crippen molar-refractivity contribution in [1.82, 2.24) is 14.5 Å². The monoisotopic (exact) mass is 406 g/mol. The number of hydrogen-bond acceptors (Lipinski definition) is 4. The third-order valence-corrected chi connectivity index (χ3v) is 5.55. The number of ether oxygens (including phenoxy) is 1. The van der Waals surface area contributed by atoms with Crippen LogP contribution in [0.25, 0.3) is 11.4 Å². The van der Waals surface area contributed by atoms with Gasteiger partial charge in [0.05, 0.1) is 12.2 Å². The summed E-state index contributed by atoms with van der Waals surface area (Å²) in [6, 6.07) is 7.68. The molecule has 30 heavy (non-hydrogen) atoms. The Morgan fingerprint density at radius 1 is 1.20 bits per heavy atom. The highest BCUT2D eigenvalue weighted by Gasteiger charge is 2.23. The second-order valence-electron chi connectivity index (χ2n) is 7.56. The Labute approximate surface area is 175 Å². The van der Waals surface area contributed by atoms with Gasteiger partial charge in [0.1, 0.15) is 11.5 Å². The molecule has 4 rings (SSSR count). The predicted octanol–water partition coefficient (Wildman–Crippen LogP) is 4.26. The SMILES string of the molecule is CCOC(=O)c1c(C)[nH]c(C(=O)Nc2ccc(-c3ncc4n3CCCC4)cc2)c1C. The molecule has 0 fully saturated rings. The van der Waals surface area contributed by atoms with Gasteiger partial charge in [-0.15, -0.1) is 0 Å². The lowest BCUT2D eigenvalue weighted by atomic mass is 10.1. The number of hydrogen-bond donors (Lipinski definition) is 2. The highest BCUT2D eigenvalue weighted by Crippen LogP contribution is 2.26. The molecule has 0 bridgehead atoms. The number of benzene rings is 1. The van der Waals surface area contributed by atoms with Crippen LogP contribution >= 0.6 is 0 Å². The van der Waals surface area contributed by atoms with Gasteiger partial charge in [-0.3, -0.25) is 4.79 Å². The summed E-state index contributed by atoms with van der Waals surface area (Å²) in [5, 5.41) is 2.90. The van der Waals surface area contributed by atoms with E-state index in [9.17, 15) is 9.59 Å². The molecule has 0 atom stereocenters. The number of amides is 1. The van der Waals surface area contributed by atoms with Gasteiger partial charge < -0.3 is 19.6 Å². The van der Waals surface area contributed by atoms with Crippen molar-refractivity contribution in [1.29, 1.82) is 0 Å². The summed E-state index contributed by atoms with van der Waals surface area (Å²) in [5.74, 6) is 0.254. The van der Waals surface area contributed by atoms with Gasteiger partial charge in [-0.2, -0.15) is 0 Å². The lowest BCUT2D eigenvalue weighted by Crippen LogP contribution is -2.14. The average Bonchev–Trinajstić information content (AvgIpc) is 3.29. The van der Waals surface area contributed by atoms with Gasteiger partial charge in [-0.25, -0.2) is 9.78 Å². The molecule has 0 aliphatic carbocycles. The van der Waals surface area contributed by atoms with E-state index >= 15 is 0 Å². The largest absolute Gasteiger partial charge is 0.462 e. The van der Waals surface area contributed by atoms with Crippen LogP contribution in [-0.2, 0) is 17.7 Å². The number of aromatic amines is 1. The van der Waals surface area contributed by atoms with Crippen LogP contribution in [0.5, 0.6) is 0 Å². The normalized spacial score (nSPS) is 13.0. The first-order valence-electron chi connectivity index (χ1n) is 10.3. The van der Waals surface area contributed by atoms with Crippen LogP contribution in [0, 0.1) is 13.8 Å². The van der Waals surface area contributed by atoms with Gasteiger partial charge in [0.25, 0.3) is 5.91 Å². The zero-order chi connectivity index (χ0) is 21.3. The molecule has 7 heteroatoms. The fourth-order valence-electron chi connectivity index (χ4n) is 4.05. The number of imidazole rings is 1. The first-order valence-corrected chi connectivity index (χ1v) is 10.3. The van der Waals surface area contributed by atoms with Crippen molar-refractivity contribution in [2.24, 2.45) is 0 Å². The van der Waals surface area contributed by atoms with Crippen molar-refractivity contribution in [2.45, 2.75) is 46.6 Å². The van der Waals surface area contributed by atoms with E-state index in [-0.39, 0.29) is 12.5 Å². The molecule has 1 aliphatic rings. The van der Waals surface area contributed by atoms with E-state index in [4.69, 9.17) is 4.74 Å². The second-order valence-corrected chi connectivity index (χ2v) is 7.56. The van der Waals surface area contributed by atoms with Crippen LogP contribution in [0.4, 0.5) is 5.69 Å². The molecule has 3 aromatic rings. The fraction of sp³-hybridized carbons (Fsp3) is 0.348. The van der Waals surface area contributed by atoms with Crippen molar-refractivity contribution in [3.05, 3.63) is 58.7 Å². The summed E-state index contributed by atoms with van der Waals surface area (Å²) in [6.07, 6.45) is 5.42. The standard InChI is InChI=1S/C23H26N4O3/c1-4-30-23(29)19-14(2)20(25-15(19)3)22(28)26-17-10-8-16(9-11-17)21-24-13-18-7-5-6-12-27(18)21/h8-11,13,25H,4-7,12H2,1-3H3,(H,26,28). The quantitative estimate of drug-likeness (QED) is 0.620. The topological polar surface area (TPSA) is 89.0 Å². The van der Waals surface area contributed by atoms with Crippen LogP contribution in [0.2, 0.25) is 0 Å². The molecule has 156 valence electrons. The van der Waals surface area contributed by atoms with E-state index < -0.39 is 5.97 Å². The van der Waals surface area contributed by atoms with Gasteiger partial charge in [-0.1, -0.05) is 0 Å². The van der Waals surface area contributed by atoms with Gasteiger partial charge in [-0.05, 0) is 69.9 Å². The van der Waals surface area contributed by atoms with Crippen molar-refractivity contribution in [3.8, 4) is 11.4 Å². The maximum absolute atomic E-state index is 12.8. The zero-order valence-corrected chi connectivity index (χ0v) is 17.5. The predicted molar refractivity (Wildman–Crippen MR) is 115 cm³/mol. The molecular formula is C23H26N4O3. The minimum Gasteiger partial charge on any atom is -0.462 e. The summed E-state index contributed by atoms with van der Waals surface area (Å²) in [4.78, 5) is 32.5. The number of fused-ring (bicyclic) bond motifs is 1. The third-order valence-electron chi connectivity index (χ3n) is 5.55. The first-order chi connectivity index (χ1) is 14.5. The molecule has 1 aliphatic heterocycles. The van der Waals surface area contributed by atoms with E-state index in [2.05, 4.69) is 19.9 Å². The molecule has 2 N–H and O–H groups in total. The Morgan fingerprint density at radius 3 is 2.70 bits per heavy atom. The lowest BCUT2D eigenvalue weighted by molar-refractivity contribution is 0.0525. The van der Waals surface area contributed by atoms with E-state index in [1.165, 1.54) is 18.5 Å². The van der Waals surface area contributed by atoms with Crippen LogP contribution in [0.15, 0.2) is 30.5 Å². The molecule has 0 saturated carbocycles.